The van der Waals surface area contributed by atoms with Crippen LogP contribution in [0.5, 0.6) is 0 Å². The minimum atomic E-state index is 0.584. The third-order valence-corrected chi connectivity index (χ3v) is 2.23. The van der Waals surface area contributed by atoms with Crippen LogP contribution in [0.1, 0.15) is 18.9 Å². The fourth-order valence-electron chi connectivity index (χ4n) is 1.14. The summed E-state index contributed by atoms with van der Waals surface area (Å²) in [5.41, 5.74) is 7.85. The van der Waals surface area contributed by atoms with Gasteiger partial charge in [0.2, 0.25) is 0 Å². The Labute approximate surface area is 87.6 Å². The van der Waals surface area contributed by atoms with Gasteiger partial charge in [-0.1, -0.05) is 22.9 Å². The van der Waals surface area contributed by atoms with Crippen LogP contribution in [0.4, 0.5) is 5.69 Å². The van der Waals surface area contributed by atoms with E-state index in [0.29, 0.717) is 6.54 Å². The van der Waals surface area contributed by atoms with Gasteiger partial charge in [0.15, 0.2) is 0 Å². The summed E-state index contributed by atoms with van der Waals surface area (Å²) in [5, 5.41) is 3.32. The molecular weight excluding hydrogens is 228 g/mol. The van der Waals surface area contributed by atoms with Gasteiger partial charge in [-0.2, -0.15) is 0 Å². The number of rotatable bonds is 4. The van der Waals surface area contributed by atoms with Crippen molar-refractivity contribution >= 4 is 21.6 Å². The van der Waals surface area contributed by atoms with Crippen molar-refractivity contribution in [2.45, 2.75) is 19.9 Å². The Morgan fingerprint density at radius 1 is 1.38 bits per heavy atom. The predicted molar refractivity (Wildman–Crippen MR) is 60.8 cm³/mol. The number of nitrogens with one attached hydrogen (secondary N) is 1. The van der Waals surface area contributed by atoms with E-state index in [0.717, 1.165) is 28.7 Å². The molecule has 0 aliphatic heterocycles. The van der Waals surface area contributed by atoms with Gasteiger partial charge in [-0.3, -0.25) is 0 Å². The normalized spacial score (nSPS) is 10.1. The lowest BCUT2D eigenvalue weighted by atomic mass is 10.2. The average molecular weight is 243 g/mol. The van der Waals surface area contributed by atoms with Crippen LogP contribution in [0.3, 0.4) is 0 Å². The molecule has 0 aromatic heterocycles. The van der Waals surface area contributed by atoms with Gasteiger partial charge in [0.1, 0.15) is 0 Å². The van der Waals surface area contributed by atoms with E-state index < -0.39 is 0 Å². The van der Waals surface area contributed by atoms with E-state index in [9.17, 15) is 0 Å². The Morgan fingerprint density at radius 3 is 2.77 bits per heavy atom. The Morgan fingerprint density at radius 2 is 2.15 bits per heavy atom. The zero-order chi connectivity index (χ0) is 9.68. The highest BCUT2D eigenvalue weighted by Crippen LogP contribution is 2.19. The lowest BCUT2D eigenvalue weighted by Gasteiger charge is -2.07. The minimum absolute atomic E-state index is 0.584. The monoisotopic (exact) mass is 242 g/mol. The molecule has 3 heteroatoms. The molecule has 0 amide bonds. The molecule has 0 spiro atoms. The Bertz CT molecular complexity index is 274. The molecule has 0 atom stereocenters. The van der Waals surface area contributed by atoms with Crippen LogP contribution in [-0.2, 0) is 6.54 Å². The summed E-state index contributed by atoms with van der Waals surface area (Å²) in [5.74, 6) is 0. The first-order chi connectivity index (χ1) is 6.26. The third kappa shape index (κ3) is 3.36. The summed E-state index contributed by atoms with van der Waals surface area (Å²) in [4.78, 5) is 0. The van der Waals surface area contributed by atoms with Gasteiger partial charge in [-0.05, 0) is 30.2 Å². The molecule has 0 bridgehead atoms. The molecular formula is C10H15BrN2. The third-order valence-electron chi connectivity index (χ3n) is 1.77. The van der Waals surface area contributed by atoms with Crippen molar-refractivity contribution in [3.05, 3.63) is 28.2 Å². The maximum Gasteiger partial charge on any atom is 0.0354 e. The highest BCUT2D eigenvalue weighted by Gasteiger charge is 1.96. The van der Waals surface area contributed by atoms with Gasteiger partial charge in [0, 0.05) is 23.2 Å². The number of anilines is 1. The van der Waals surface area contributed by atoms with Crippen molar-refractivity contribution in [1.82, 2.24) is 0 Å². The number of hydrogen-bond acceptors (Lipinski definition) is 2. The van der Waals surface area contributed by atoms with Crippen molar-refractivity contribution in [2.24, 2.45) is 5.73 Å². The van der Waals surface area contributed by atoms with E-state index in [2.05, 4.69) is 40.3 Å². The van der Waals surface area contributed by atoms with Crippen LogP contribution in [0.25, 0.3) is 0 Å². The van der Waals surface area contributed by atoms with E-state index in [4.69, 9.17) is 5.73 Å². The number of halogens is 1. The largest absolute Gasteiger partial charge is 0.385 e. The van der Waals surface area contributed by atoms with E-state index in [1.165, 1.54) is 0 Å². The molecule has 0 aliphatic rings. The molecule has 0 saturated heterocycles. The molecule has 0 unspecified atom stereocenters. The van der Waals surface area contributed by atoms with E-state index in [1.54, 1.807) is 0 Å². The standard InChI is InChI=1S/C10H15BrN2/c1-2-3-13-10-5-8(7-12)4-9(11)6-10/h4-6,13H,2-3,7,12H2,1H3. The van der Waals surface area contributed by atoms with Gasteiger partial charge in [-0.25, -0.2) is 0 Å². The van der Waals surface area contributed by atoms with Crippen LogP contribution >= 0.6 is 15.9 Å². The molecule has 1 rings (SSSR count). The first-order valence-corrected chi connectivity index (χ1v) is 5.29. The second-order valence-electron chi connectivity index (χ2n) is 2.98. The van der Waals surface area contributed by atoms with Crippen LogP contribution in [0.15, 0.2) is 22.7 Å². The molecule has 0 fully saturated rings. The van der Waals surface area contributed by atoms with Crippen molar-refractivity contribution < 1.29 is 0 Å². The molecule has 1 aromatic carbocycles. The molecule has 2 nitrogen and oxygen atoms in total. The first kappa shape index (κ1) is 10.5. The fourth-order valence-corrected chi connectivity index (χ4v) is 1.68. The number of benzene rings is 1. The average Bonchev–Trinajstić information content (AvgIpc) is 2.14. The van der Waals surface area contributed by atoms with Gasteiger partial charge >= 0.3 is 0 Å². The molecule has 0 radical (unpaired) electrons. The van der Waals surface area contributed by atoms with Gasteiger partial charge in [0.25, 0.3) is 0 Å². The highest BCUT2D eigenvalue weighted by atomic mass is 79.9. The summed E-state index contributed by atoms with van der Waals surface area (Å²) in [7, 11) is 0. The summed E-state index contributed by atoms with van der Waals surface area (Å²) in [6.07, 6.45) is 1.13. The van der Waals surface area contributed by atoms with Crippen molar-refractivity contribution in [1.29, 1.82) is 0 Å². The van der Waals surface area contributed by atoms with Crippen molar-refractivity contribution in [2.75, 3.05) is 11.9 Å². The molecule has 13 heavy (non-hydrogen) atoms. The lowest BCUT2D eigenvalue weighted by Crippen LogP contribution is -2.02. The molecule has 0 saturated carbocycles. The molecule has 0 heterocycles. The Kier molecular flexibility index (Phi) is 4.25. The Balaban J connectivity index is 2.76. The van der Waals surface area contributed by atoms with Crippen LogP contribution in [0, 0.1) is 0 Å². The minimum Gasteiger partial charge on any atom is -0.385 e. The summed E-state index contributed by atoms with van der Waals surface area (Å²) in [6, 6.07) is 6.19. The quantitative estimate of drug-likeness (QED) is 0.853. The van der Waals surface area contributed by atoms with Crippen molar-refractivity contribution in [3.8, 4) is 0 Å². The zero-order valence-electron chi connectivity index (χ0n) is 7.81. The molecule has 0 aliphatic carbocycles. The number of hydrogen-bond donors (Lipinski definition) is 2. The summed E-state index contributed by atoms with van der Waals surface area (Å²) >= 11 is 3.45. The predicted octanol–water partition coefficient (Wildman–Crippen LogP) is 2.73. The van der Waals surface area contributed by atoms with Gasteiger partial charge < -0.3 is 11.1 Å². The smallest absolute Gasteiger partial charge is 0.0354 e. The van der Waals surface area contributed by atoms with Crippen LogP contribution in [-0.4, -0.2) is 6.54 Å². The van der Waals surface area contributed by atoms with Gasteiger partial charge in [0.05, 0.1) is 0 Å². The van der Waals surface area contributed by atoms with Crippen molar-refractivity contribution in [3.63, 3.8) is 0 Å². The topological polar surface area (TPSA) is 38.0 Å². The second kappa shape index (κ2) is 5.25. The van der Waals surface area contributed by atoms with Crippen LogP contribution in [0.2, 0.25) is 0 Å². The SMILES string of the molecule is CCCNc1cc(Br)cc(CN)c1. The lowest BCUT2D eigenvalue weighted by molar-refractivity contribution is 0.977. The summed E-state index contributed by atoms with van der Waals surface area (Å²) < 4.78 is 1.08. The first-order valence-electron chi connectivity index (χ1n) is 4.49. The fraction of sp³-hybridized carbons (Fsp3) is 0.400. The number of nitrogens with two attached hydrogens (primary N) is 1. The van der Waals surface area contributed by atoms with Gasteiger partial charge in [-0.15, -0.1) is 0 Å². The van der Waals surface area contributed by atoms with E-state index >= 15 is 0 Å². The Hall–Kier alpha value is -0.540. The molecule has 3 N–H and O–H groups in total. The molecule has 72 valence electrons. The van der Waals surface area contributed by atoms with E-state index in [-0.39, 0.29) is 0 Å². The van der Waals surface area contributed by atoms with E-state index in [1.807, 2.05) is 6.07 Å². The maximum absolute atomic E-state index is 5.57. The highest BCUT2D eigenvalue weighted by molar-refractivity contribution is 9.10. The maximum atomic E-state index is 5.57. The molecule has 1 aromatic rings. The van der Waals surface area contributed by atoms with Crippen LogP contribution < -0.4 is 11.1 Å². The summed E-state index contributed by atoms with van der Waals surface area (Å²) in [6.45, 7) is 3.73. The second-order valence-corrected chi connectivity index (χ2v) is 3.89. The zero-order valence-corrected chi connectivity index (χ0v) is 9.39.